The normalized spacial score (nSPS) is 36.4. The van der Waals surface area contributed by atoms with E-state index in [4.69, 9.17) is 0 Å². The molecule has 1 saturated heterocycles. The fourth-order valence-electron chi connectivity index (χ4n) is 0.932. The van der Waals surface area contributed by atoms with Gasteiger partial charge in [-0.15, -0.1) is 12.4 Å². The second-order valence-electron chi connectivity index (χ2n) is 2.26. The van der Waals surface area contributed by atoms with Gasteiger partial charge in [0.05, 0.1) is 0 Å². The van der Waals surface area contributed by atoms with E-state index in [0.29, 0.717) is 0 Å². The van der Waals surface area contributed by atoms with Gasteiger partial charge in [-0.05, 0) is 6.42 Å². The van der Waals surface area contributed by atoms with Gasteiger partial charge in [0.1, 0.15) is 0 Å². The minimum absolute atomic E-state index is 0. The van der Waals surface area contributed by atoms with E-state index in [2.05, 4.69) is 11.1 Å². The summed E-state index contributed by atoms with van der Waals surface area (Å²) in [6.07, 6.45) is -1.80. The van der Waals surface area contributed by atoms with Gasteiger partial charge in [-0.3, -0.25) is 10.1 Å². The van der Waals surface area contributed by atoms with Gasteiger partial charge in [0.15, 0.2) is 6.17 Å². The zero-order valence-electron chi connectivity index (χ0n) is 5.64. The lowest BCUT2D eigenvalue weighted by molar-refractivity contribution is -0.134. The van der Waals surface area contributed by atoms with Crippen LogP contribution in [0.4, 0.5) is 8.78 Å². The first kappa shape index (κ1) is 10.6. The van der Waals surface area contributed by atoms with E-state index in [1.54, 1.807) is 0 Å². The first-order valence-corrected chi connectivity index (χ1v) is 2.95. The van der Waals surface area contributed by atoms with Crippen LogP contribution >= 0.6 is 12.4 Å². The second kappa shape index (κ2) is 3.32. The van der Waals surface area contributed by atoms with Gasteiger partial charge in [0.25, 0.3) is 11.7 Å². The minimum atomic E-state index is -2.62. The highest BCUT2D eigenvalue weighted by Crippen LogP contribution is 2.23. The summed E-state index contributed by atoms with van der Waals surface area (Å²) in [5.41, 5.74) is 4.61. The van der Waals surface area contributed by atoms with Gasteiger partial charge < -0.3 is 5.73 Å². The van der Waals surface area contributed by atoms with Crippen LogP contribution < -0.4 is 11.1 Å². The summed E-state index contributed by atoms with van der Waals surface area (Å²) >= 11 is 0. The highest BCUT2D eigenvalue weighted by atomic mass is 35.5. The Labute approximate surface area is 68.7 Å². The number of hydrogen-bond donors (Lipinski definition) is 2. The molecule has 0 radical (unpaired) electrons. The van der Waals surface area contributed by atoms with Crippen molar-refractivity contribution in [2.75, 3.05) is 6.54 Å². The molecule has 1 aliphatic heterocycles. The molecule has 6 heteroatoms. The third kappa shape index (κ3) is 1.59. The zero-order valence-corrected chi connectivity index (χ0v) is 6.46. The Hall–Kier alpha value is -0.420. The van der Waals surface area contributed by atoms with Gasteiger partial charge in [-0.25, -0.2) is 8.78 Å². The monoisotopic (exact) mass is 186 g/mol. The van der Waals surface area contributed by atoms with Crippen molar-refractivity contribution in [2.24, 2.45) is 5.73 Å². The van der Waals surface area contributed by atoms with Crippen LogP contribution in [0.3, 0.4) is 0 Å². The quantitative estimate of drug-likeness (QED) is 0.562. The largest absolute Gasteiger partial charge is 0.366 e. The Kier molecular flexibility index (Phi) is 3.19. The predicted molar refractivity (Wildman–Crippen MR) is 37.8 cm³/mol. The Balaban J connectivity index is 0.000001000. The molecule has 0 aromatic heterocycles. The molecule has 2 atom stereocenters. The van der Waals surface area contributed by atoms with E-state index in [0.717, 1.165) is 0 Å². The van der Waals surface area contributed by atoms with Crippen molar-refractivity contribution in [1.29, 1.82) is 0 Å². The number of carbonyl (C=O) groups is 1. The lowest BCUT2D eigenvalue weighted by Gasteiger charge is -2.16. The molecular formula is C5H9ClF2N2O. The number of carbonyl (C=O) groups excluding carboxylic acids is 1. The smallest absolute Gasteiger partial charge is 0.273 e. The summed E-state index contributed by atoms with van der Waals surface area (Å²) in [5, 5.41) is 2.07. The van der Waals surface area contributed by atoms with E-state index in [9.17, 15) is 13.6 Å². The van der Waals surface area contributed by atoms with E-state index in [-0.39, 0.29) is 25.4 Å². The van der Waals surface area contributed by atoms with E-state index >= 15 is 0 Å². The number of amides is 1. The topological polar surface area (TPSA) is 55.1 Å². The maximum atomic E-state index is 12.9. The molecule has 1 aliphatic rings. The molecule has 1 rings (SSSR count). The van der Waals surface area contributed by atoms with E-state index < -0.39 is 17.9 Å². The molecule has 2 unspecified atom stereocenters. The molecule has 3 nitrogen and oxygen atoms in total. The lowest BCUT2D eigenvalue weighted by Crippen LogP contribution is -2.52. The summed E-state index contributed by atoms with van der Waals surface area (Å²) in [6, 6.07) is 0. The average Bonchev–Trinajstić information content (AvgIpc) is 2.15. The van der Waals surface area contributed by atoms with E-state index in [1.165, 1.54) is 0 Å². The summed E-state index contributed by atoms with van der Waals surface area (Å²) in [4.78, 5) is 10.3. The van der Waals surface area contributed by atoms with Crippen LogP contribution in [0.15, 0.2) is 0 Å². The number of hydrogen-bond acceptors (Lipinski definition) is 2. The van der Waals surface area contributed by atoms with Crippen LogP contribution in [-0.4, -0.2) is 24.4 Å². The van der Waals surface area contributed by atoms with Gasteiger partial charge in [-0.1, -0.05) is 0 Å². The molecular weight excluding hydrogens is 178 g/mol. The SMILES string of the molecule is Cl.NC(=O)C1(F)NCCC1F. The fraction of sp³-hybridized carbons (Fsp3) is 0.800. The van der Waals surface area contributed by atoms with Crippen molar-refractivity contribution in [3.63, 3.8) is 0 Å². The van der Waals surface area contributed by atoms with Crippen molar-refractivity contribution < 1.29 is 13.6 Å². The number of nitrogens with one attached hydrogen (secondary N) is 1. The molecule has 1 amide bonds. The molecule has 3 N–H and O–H groups in total. The van der Waals surface area contributed by atoms with Crippen LogP contribution in [0.25, 0.3) is 0 Å². The molecule has 66 valence electrons. The molecule has 0 saturated carbocycles. The molecule has 0 spiro atoms. The van der Waals surface area contributed by atoms with Crippen molar-refractivity contribution in [2.45, 2.75) is 18.4 Å². The summed E-state index contributed by atoms with van der Waals surface area (Å²) < 4.78 is 25.4. The van der Waals surface area contributed by atoms with E-state index in [1.807, 2.05) is 0 Å². The third-order valence-electron chi connectivity index (χ3n) is 1.57. The number of rotatable bonds is 1. The number of primary amides is 1. The highest BCUT2D eigenvalue weighted by molar-refractivity contribution is 5.85. The predicted octanol–water partition coefficient (Wildman–Crippen LogP) is -0.109. The Bertz CT molecular complexity index is 169. The number of alkyl halides is 2. The second-order valence-corrected chi connectivity index (χ2v) is 2.26. The number of nitrogens with two attached hydrogens (primary N) is 1. The van der Waals surface area contributed by atoms with Crippen molar-refractivity contribution in [3.05, 3.63) is 0 Å². The van der Waals surface area contributed by atoms with Crippen LogP contribution in [0, 0.1) is 0 Å². The van der Waals surface area contributed by atoms with Gasteiger partial charge in [0.2, 0.25) is 0 Å². The molecule has 1 heterocycles. The highest BCUT2D eigenvalue weighted by Gasteiger charge is 2.49. The first-order valence-electron chi connectivity index (χ1n) is 2.95. The molecule has 1 fully saturated rings. The van der Waals surface area contributed by atoms with Crippen LogP contribution in [0.1, 0.15) is 6.42 Å². The van der Waals surface area contributed by atoms with Gasteiger partial charge in [0, 0.05) is 6.54 Å². The summed E-state index contributed by atoms with van der Waals surface area (Å²) in [5.74, 6) is -3.91. The van der Waals surface area contributed by atoms with Crippen LogP contribution in [-0.2, 0) is 4.79 Å². The summed E-state index contributed by atoms with van der Waals surface area (Å²) in [7, 11) is 0. The number of halogens is 3. The molecule has 0 aromatic carbocycles. The Morgan fingerprint density at radius 2 is 2.27 bits per heavy atom. The molecule has 0 aromatic rings. The third-order valence-corrected chi connectivity index (χ3v) is 1.57. The maximum Gasteiger partial charge on any atom is 0.273 e. The van der Waals surface area contributed by atoms with Crippen molar-refractivity contribution in [3.8, 4) is 0 Å². The Morgan fingerprint density at radius 1 is 1.73 bits per heavy atom. The average molecular weight is 187 g/mol. The van der Waals surface area contributed by atoms with Gasteiger partial charge >= 0.3 is 0 Å². The molecule has 0 aliphatic carbocycles. The molecule has 11 heavy (non-hydrogen) atoms. The maximum absolute atomic E-state index is 12.9. The zero-order chi connectivity index (χ0) is 7.78. The lowest BCUT2D eigenvalue weighted by atomic mass is 10.1. The van der Waals surface area contributed by atoms with Gasteiger partial charge in [-0.2, -0.15) is 0 Å². The molecule has 0 bridgehead atoms. The van der Waals surface area contributed by atoms with Crippen LogP contribution in [0.5, 0.6) is 0 Å². The van der Waals surface area contributed by atoms with Crippen molar-refractivity contribution in [1.82, 2.24) is 5.32 Å². The van der Waals surface area contributed by atoms with Crippen LogP contribution in [0.2, 0.25) is 0 Å². The summed E-state index contributed by atoms with van der Waals surface area (Å²) in [6.45, 7) is 0.153. The minimum Gasteiger partial charge on any atom is -0.366 e. The van der Waals surface area contributed by atoms with Crippen molar-refractivity contribution >= 4 is 18.3 Å². The fourth-order valence-corrected chi connectivity index (χ4v) is 0.932. The Morgan fingerprint density at radius 3 is 2.45 bits per heavy atom. The standard InChI is InChI=1S/C5H8F2N2O.ClH/c6-3-1-2-9-5(3,7)4(8)10;/h3,9H,1-2H2,(H2,8,10);1H. The first-order chi connectivity index (χ1) is 4.57.